The second-order valence-corrected chi connectivity index (χ2v) is 3.82. The summed E-state index contributed by atoms with van der Waals surface area (Å²) in [5.74, 6) is -0.130. The molecule has 8 nitrogen and oxygen atoms in total. The predicted octanol–water partition coefficient (Wildman–Crippen LogP) is 1.92. The van der Waals surface area contributed by atoms with Gasteiger partial charge in [0, 0.05) is 10.6 Å². The minimum absolute atomic E-state index is 0.130. The molecule has 0 bridgehead atoms. The SMILES string of the molecule is O=C(O)N1C=NN=C(c2ccc(Cl)cc2)N1C(=O)O. The van der Waals surface area contributed by atoms with Gasteiger partial charge in [-0.3, -0.25) is 0 Å². The van der Waals surface area contributed by atoms with Gasteiger partial charge in [-0.25, -0.2) is 9.59 Å². The van der Waals surface area contributed by atoms with Crippen LogP contribution in [0.15, 0.2) is 34.5 Å². The molecule has 2 N–H and O–H groups in total. The number of hydrogen-bond donors (Lipinski definition) is 2. The largest absolute Gasteiger partial charge is 0.463 e. The van der Waals surface area contributed by atoms with Crippen LogP contribution < -0.4 is 0 Å². The Kier molecular flexibility index (Phi) is 3.34. The van der Waals surface area contributed by atoms with Gasteiger partial charge in [-0.15, -0.1) is 10.2 Å². The first-order valence-corrected chi connectivity index (χ1v) is 5.30. The zero-order valence-electron chi connectivity index (χ0n) is 9.26. The Morgan fingerprint density at radius 2 is 1.74 bits per heavy atom. The maximum Gasteiger partial charge on any atom is 0.433 e. The monoisotopic (exact) mass is 282 g/mol. The number of nitrogens with zero attached hydrogens (tertiary/aromatic N) is 4. The first-order valence-electron chi connectivity index (χ1n) is 4.93. The van der Waals surface area contributed by atoms with E-state index in [0.29, 0.717) is 20.6 Å². The molecule has 0 spiro atoms. The number of amides is 2. The minimum Gasteiger partial charge on any atom is -0.463 e. The van der Waals surface area contributed by atoms with Crippen molar-refractivity contribution in [2.75, 3.05) is 0 Å². The van der Waals surface area contributed by atoms with Crippen molar-refractivity contribution in [3.05, 3.63) is 34.9 Å². The highest BCUT2D eigenvalue weighted by Gasteiger charge is 2.32. The molecular weight excluding hydrogens is 276 g/mol. The van der Waals surface area contributed by atoms with E-state index in [9.17, 15) is 9.59 Å². The fourth-order valence-electron chi connectivity index (χ4n) is 1.42. The van der Waals surface area contributed by atoms with Crippen LogP contribution in [0.3, 0.4) is 0 Å². The number of amidine groups is 1. The number of hydrazine groups is 1. The van der Waals surface area contributed by atoms with Gasteiger partial charge in [0.05, 0.1) is 0 Å². The summed E-state index contributed by atoms with van der Waals surface area (Å²) in [6, 6.07) is 6.09. The second-order valence-electron chi connectivity index (χ2n) is 3.38. The average molecular weight is 283 g/mol. The number of benzene rings is 1. The predicted molar refractivity (Wildman–Crippen MR) is 66.2 cm³/mol. The molecule has 0 aliphatic carbocycles. The smallest absolute Gasteiger partial charge is 0.433 e. The quantitative estimate of drug-likeness (QED) is 0.820. The summed E-state index contributed by atoms with van der Waals surface area (Å²) in [6.45, 7) is 0. The van der Waals surface area contributed by atoms with Crippen molar-refractivity contribution in [1.29, 1.82) is 0 Å². The molecule has 2 amide bonds. The van der Waals surface area contributed by atoms with E-state index in [1.165, 1.54) is 24.3 Å². The summed E-state index contributed by atoms with van der Waals surface area (Å²) >= 11 is 5.72. The number of hydrogen-bond acceptors (Lipinski definition) is 4. The van der Waals surface area contributed by atoms with Gasteiger partial charge in [0.1, 0.15) is 6.34 Å². The lowest BCUT2D eigenvalue weighted by atomic mass is 10.2. The van der Waals surface area contributed by atoms with E-state index in [4.69, 9.17) is 21.8 Å². The molecule has 0 radical (unpaired) electrons. The number of carbonyl (C=O) groups is 2. The van der Waals surface area contributed by atoms with E-state index < -0.39 is 12.2 Å². The van der Waals surface area contributed by atoms with E-state index in [0.717, 1.165) is 6.34 Å². The van der Waals surface area contributed by atoms with Crippen LogP contribution in [0.1, 0.15) is 5.56 Å². The number of halogens is 1. The van der Waals surface area contributed by atoms with Crippen LogP contribution >= 0.6 is 11.6 Å². The summed E-state index contributed by atoms with van der Waals surface area (Å²) in [7, 11) is 0. The average Bonchev–Trinajstić information content (AvgIpc) is 2.38. The lowest BCUT2D eigenvalue weighted by molar-refractivity contribution is 0.0871. The molecule has 0 atom stereocenters. The van der Waals surface area contributed by atoms with Crippen LogP contribution in [0, 0.1) is 0 Å². The van der Waals surface area contributed by atoms with Gasteiger partial charge in [-0.2, -0.15) is 10.0 Å². The number of carboxylic acid groups (broad SMARTS) is 2. The topological polar surface area (TPSA) is 106 Å². The molecule has 2 rings (SSSR count). The van der Waals surface area contributed by atoms with Crippen molar-refractivity contribution in [2.45, 2.75) is 0 Å². The third-order valence-corrected chi connectivity index (χ3v) is 2.46. The van der Waals surface area contributed by atoms with E-state index in [1.807, 2.05) is 0 Å². The van der Waals surface area contributed by atoms with E-state index >= 15 is 0 Å². The van der Waals surface area contributed by atoms with Crippen LogP contribution in [0.4, 0.5) is 9.59 Å². The second kappa shape index (κ2) is 4.94. The molecule has 0 fully saturated rings. The highest BCUT2D eigenvalue weighted by Crippen LogP contribution is 2.16. The van der Waals surface area contributed by atoms with E-state index in [2.05, 4.69) is 10.2 Å². The Morgan fingerprint density at radius 3 is 2.26 bits per heavy atom. The molecule has 0 unspecified atom stereocenters. The molecule has 0 saturated carbocycles. The van der Waals surface area contributed by atoms with Gasteiger partial charge in [0.15, 0.2) is 5.84 Å². The van der Waals surface area contributed by atoms with Crippen molar-refractivity contribution in [1.82, 2.24) is 10.0 Å². The Hall–Kier alpha value is -2.61. The van der Waals surface area contributed by atoms with E-state index in [-0.39, 0.29) is 5.84 Å². The van der Waals surface area contributed by atoms with E-state index in [1.54, 1.807) is 0 Å². The van der Waals surface area contributed by atoms with Crippen molar-refractivity contribution in [2.24, 2.45) is 10.2 Å². The third kappa shape index (κ3) is 2.47. The first-order chi connectivity index (χ1) is 9.00. The molecule has 19 heavy (non-hydrogen) atoms. The Bertz CT molecular complexity index is 584. The molecule has 1 aliphatic heterocycles. The molecule has 9 heteroatoms. The maximum atomic E-state index is 11.2. The van der Waals surface area contributed by atoms with Crippen LogP contribution in [0.5, 0.6) is 0 Å². The number of rotatable bonds is 1. The highest BCUT2D eigenvalue weighted by atomic mass is 35.5. The normalized spacial score (nSPS) is 14.3. The molecule has 0 saturated heterocycles. The summed E-state index contributed by atoms with van der Waals surface area (Å²) in [5.41, 5.74) is 0.370. The zero-order valence-corrected chi connectivity index (χ0v) is 10.0. The molecule has 0 aromatic heterocycles. The standard InChI is InChI=1S/C10H7ClN4O4/c11-7-3-1-6(2-4-7)8-13-12-5-14(9(16)17)15(8)10(18)19/h1-5H,(H,16,17)(H,18,19). The zero-order chi connectivity index (χ0) is 14.0. The maximum absolute atomic E-state index is 11.2. The highest BCUT2D eigenvalue weighted by molar-refractivity contribution is 6.30. The van der Waals surface area contributed by atoms with Crippen molar-refractivity contribution >= 4 is 36.0 Å². The molecular formula is C10H7ClN4O4. The third-order valence-electron chi connectivity index (χ3n) is 2.21. The van der Waals surface area contributed by atoms with Crippen molar-refractivity contribution in [3.63, 3.8) is 0 Å². The van der Waals surface area contributed by atoms with Gasteiger partial charge in [0.25, 0.3) is 0 Å². The van der Waals surface area contributed by atoms with Crippen molar-refractivity contribution in [3.8, 4) is 0 Å². The van der Waals surface area contributed by atoms with Crippen LogP contribution in [-0.4, -0.2) is 44.6 Å². The lowest BCUT2D eigenvalue weighted by Crippen LogP contribution is -2.52. The minimum atomic E-state index is -1.50. The lowest BCUT2D eigenvalue weighted by Gasteiger charge is -2.28. The van der Waals surface area contributed by atoms with Crippen molar-refractivity contribution < 1.29 is 19.8 Å². The molecule has 1 heterocycles. The van der Waals surface area contributed by atoms with Crippen LogP contribution in [0.2, 0.25) is 5.02 Å². The Balaban J connectivity index is 2.45. The summed E-state index contributed by atoms with van der Waals surface area (Å²) in [5, 5.41) is 26.5. The first kappa shape index (κ1) is 12.8. The fraction of sp³-hybridized carbons (Fsp3) is 0. The Labute approximate surface area is 111 Å². The Morgan fingerprint density at radius 1 is 1.11 bits per heavy atom. The van der Waals surface area contributed by atoms with Gasteiger partial charge in [0.2, 0.25) is 0 Å². The summed E-state index contributed by atoms with van der Waals surface area (Å²) in [4.78, 5) is 22.1. The van der Waals surface area contributed by atoms with Gasteiger partial charge in [-0.1, -0.05) is 11.6 Å². The van der Waals surface area contributed by atoms with Gasteiger partial charge < -0.3 is 10.2 Å². The van der Waals surface area contributed by atoms with Gasteiger partial charge >= 0.3 is 12.2 Å². The molecule has 98 valence electrons. The van der Waals surface area contributed by atoms with Crippen LogP contribution in [0.25, 0.3) is 0 Å². The molecule has 1 aromatic carbocycles. The molecule has 1 aromatic rings. The molecule has 1 aliphatic rings. The van der Waals surface area contributed by atoms with Crippen LogP contribution in [-0.2, 0) is 0 Å². The summed E-state index contributed by atoms with van der Waals surface area (Å²) < 4.78 is 0. The van der Waals surface area contributed by atoms with Gasteiger partial charge in [-0.05, 0) is 24.3 Å². The fourth-order valence-corrected chi connectivity index (χ4v) is 1.55. The summed E-state index contributed by atoms with van der Waals surface area (Å²) in [6.07, 6.45) is -2.20.